The van der Waals surface area contributed by atoms with Crippen LogP contribution in [0.4, 0.5) is 13.2 Å². The van der Waals surface area contributed by atoms with Gasteiger partial charge in [0.2, 0.25) is 0 Å². The third kappa shape index (κ3) is 4.16. The topological polar surface area (TPSA) is 9.23 Å². The van der Waals surface area contributed by atoms with Gasteiger partial charge in [-0.15, -0.1) is 13.2 Å². The van der Waals surface area contributed by atoms with Crippen molar-refractivity contribution in [1.82, 2.24) is 0 Å². The maximum absolute atomic E-state index is 11.8. The summed E-state index contributed by atoms with van der Waals surface area (Å²) in [6.07, 6.45) is -4.67. The quantitative estimate of drug-likeness (QED) is 0.752. The van der Waals surface area contributed by atoms with Crippen LogP contribution in [0.1, 0.15) is 12.5 Å². The Morgan fingerprint density at radius 2 is 2.13 bits per heavy atom. The summed E-state index contributed by atoms with van der Waals surface area (Å²) < 4.78 is 46.6. The van der Waals surface area contributed by atoms with Gasteiger partial charge in [-0.25, -0.2) is 0 Å². The zero-order valence-electron chi connectivity index (χ0n) is 9.19. The SMILES string of the molecule is [2H]c1cc(C)ccc1C(=C)COC(F)(F)F. The fourth-order valence-corrected chi connectivity index (χ4v) is 0.969. The summed E-state index contributed by atoms with van der Waals surface area (Å²) in [5.41, 5.74) is 1.38. The van der Waals surface area contributed by atoms with E-state index in [1.54, 1.807) is 25.1 Å². The highest BCUT2D eigenvalue weighted by Crippen LogP contribution is 2.20. The molecule has 1 nitrogen and oxygen atoms in total. The van der Waals surface area contributed by atoms with Crippen molar-refractivity contribution < 1.29 is 19.3 Å². The van der Waals surface area contributed by atoms with Crippen LogP contribution in [0.2, 0.25) is 0 Å². The van der Waals surface area contributed by atoms with Crippen LogP contribution in [0.5, 0.6) is 0 Å². The lowest BCUT2D eigenvalue weighted by molar-refractivity contribution is -0.318. The molecule has 0 heterocycles. The Bertz CT molecular complexity index is 399. The van der Waals surface area contributed by atoms with Crippen LogP contribution in [0.15, 0.2) is 30.8 Å². The van der Waals surface area contributed by atoms with Gasteiger partial charge in [-0.3, -0.25) is 4.74 Å². The van der Waals surface area contributed by atoms with Crippen LogP contribution in [-0.2, 0) is 4.74 Å². The number of hydrogen-bond acceptors (Lipinski definition) is 1. The van der Waals surface area contributed by atoms with Crippen molar-refractivity contribution in [3.05, 3.63) is 41.9 Å². The number of ether oxygens (including phenoxy) is 1. The summed E-state index contributed by atoms with van der Waals surface area (Å²) in [6.45, 7) is 4.62. The molecule has 0 unspecified atom stereocenters. The lowest BCUT2D eigenvalue weighted by Crippen LogP contribution is -2.14. The van der Waals surface area contributed by atoms with E-state index in [4.69, 9.17) is 1.37 Å². The van der Waals surface area contributed by atoms with Crippen LogP contribution in [0.25, 0.3) is 5.57 Å². The van der Waals surface area contributed by atoms with Crippen molar-refractivity contribution in [3.8, 4) is 0 Å². The van der Waals surface area contributed by atoms with E-state index in [2.05, 4.69) is 11.3 Å². The molecule has 0 saturated carbocycles. The highest BCUT2D eigenvalue weighted by atomic mass is 19.4. The van der Waals surface area contributed by atoms with Gasteiger partial charge in [0, 0.05) is 0 Å². The molecule has 0 aliphatic heterocycles. The number of hydrogen-bond donors (Lipinski definition) is 0. The molecule has 0 aliphatic carbocycles. The van der Waals surface area contributed by atoms with E-state index < -0.39 is 13.0 Å². The van der Waals surface area contributed by atoms with E-state index in [-0.39, 0.29) is 11.6 Å². The summed E-state index contributed by atoms with van der Waals surface area (Å²) in [6, 6.07) is 5.00. The Morgan fingerprint density at radius 3 is 2.67 bits per heavy atom. The third-order valence-electron chi connectivity index (χ3n) is 1.76. The van der Waals surface area contributed by atoms with Crippen molar-refractivity contribution in [2.24, 2.45) is 0 Å². The minimum absolute atomic E-state index is 0.141. The molecule has 15 heavy (non-hydrogen) atoms. The van der Waals surface area contributed by atoms with Crippen molar-refractivity contribution in [3.63, 3.8) is 0 Å². The Balaban J connectivity index is 2.74. The molecule has 4 heteroatoms. The number of alkyl halides is 3. The summed E-state index contributed by atoms with van der Waals surface area (Å²) in [7, 11) is 0. The van der Waals surface area contributed by atoms with Gasteiger partial charge < -0.3 is 0 Å². The highest BCUT2D eigenvalue weighted by Gasteiger charge is 2.29. The zero-order chi connectivity index (χ0) is 12.3. The van der Waals surface area contributed by atoms with Gasteiger partial charge in [0.1, 0.15) is 0 Å². The highest BCUT2D eigenvalue weighted by molar-refractivity contribution is 5.64. The standard InChI is InChI=1S/C11H11F3O/c1-8-3-5-10(6-4-8)9(2)7-15-11(12,13)14/h3-6H,2,7H2,1H3/i5D. The Hall–Kier alpha value is -1.29. The number of rotatable bonds is 3. The molecule has 0 radical (unpaired) electrons. The number of halogens is 3. The second-order valence-electron chi connectivity index (χ2n) is 3.12. The largest absolute Gasteiger partial charge is 0.522 e. The first kappa shape index (κ1) is 10.2. The molecule has 0 fully saturated rings. The van der Waals surface area contributed by atoms with E-state index in [0.717, 1.165) is 5.56 Å². The van der Waals surface area contributed by atoms with Crippen molar-refractivity contribution in [2.75, 3.05) is 6.61 Å². The van der Waals surface area contributed by atoms with Gasteiger partial charge in [0.25, 0.3) is 0 Å². The van der Waals surface area contributed by atoms with Gasteiger partial charge in [-0.2, -0.15) is 0 Å². The lowest BCUT2D eigenvalue weighted by Gasteiger charge is -2.09. The average Bonchev–Trinajstić information content (AvgIpc) is 2.13. The average molecular weight is 217 g/mol. The van der Waals surface area contributed by atoms with Crippen molar-refractivity contribution in [1.29, 1.82) is 0 Å². The smallest absolute Gasteiger partial charge is 0.287 e. The van der Waals surface area contributed by atoms with Crippen LogP contribution < -0.4 is 0 Å². The summed E-state index contributed by atoms with van der Waals surface area (Å²) >= 11 is 0. The summed E-state index contributed by atoms with van der Waals surface area (Å²) in [4.78, 5) is 0. The van der Waals surface area contributed by atoms with Crippen LogP contribution in [0.3, 0.4) is 0 Å². The Labute approximate surface area is 87.6 Å². The molecule has 0 atom stereocenters. The summed E-state index contributed by atoms with van der Waals surface area (Å²) in [5, 5.41) is 0. The summed E-state index contributed by atoms with van der Waals surface area (Å²) in [5.74, 6) is 0. The first-order valence-corrected chi connectivity index (χ1v) is 4.25. The maximum Gasteiger partial charge on any atom is 0.522 e. The first-order valence-electron chi connectivity index (χ1n) is 4.75. The van der Waals surface area contributed by atoms with Crippen LogP contribution in [0, 0.1) is 6.92 Å². The second-order valence-corrected chi connectivity index (χ2v) is 3.12. The van der Waals surface area contributed by atoms with Gasteiger partial charge in [0.05, 0.1) is 7.98 Å². The van der Waals surface area contributed by atoms with Gasteiger partial charge >= 0.3 is 6.36 Å². The Kier molecular flexibility index (Phi) is 3.06. The Morgan fingerprint density at radius 1 is 1.47 bits per heavy atom. The molecule has 0 aliphatic rings. The van der Waals surface area contributed by atoms with Crippen molar-refractivity contribution >= 4 is 5.57 Å². The molecular weight excluding hydrogens is 205 g/mol. The molecule has 82 valence electrons. The zero-order valence-corrected chi connectivity index (χ0v) is 8.19. The minimum Gasteiger partial charge on any atom is -0.287 e. The van der Waals surface area contributed by atoms with E-state index in [0.29, 0.717) is 5.56 Å². The van der Waals surface area contributed by atoms with Crippen molar-refractivity contribution in [2.45, 2.75) is 13.3 Å². The molecule has 1 aromatic carbocycles. The number of benzene rings is 1. The molecule has 0 amide bonds. The van der Waals surface area contributed by atoms with Crippen LogP contribution in [-0.4, -0.2) is 13.0 Å². The first-order chi connectivity index (χ1) is 7.29. The predicted octanol–water partition coefficient (Wildman–Crippen LogP) is 3.54. The second kappa shape index (κ2) is 4.49. The van der Waals surface area contributed by atoms with E-state index in [1.807, 2.05) is 0 Å². The lowest BCUT2D eigenvalue weighted by atomic mass is 10.1. The molecule has 0 saturated heterocycles. The molecular formula is C11H11F3O. The van der Waals surface area contributed by atoms with E-state index in [9.17, 15) is 13.2 Å². The van der Waals surface area contributed by atoms with E-state index >= 15 is 0 Å². The molecule has 0 bridgehead atoms. The molecule has 0 N–H and O–H groups in total. The van der Waals surface area contributed by atoms with E-state index in [1.165, 1.54) is 0 Å². The fourth-order valence-electron chi connectivity index (χ4n) is 0.969. The molecule has 1 rings (SSSR count). The molecule has 0 spiro atoms. The van der Waals surface area contributed by atoms with Gasteiger partial charge in [0.15, 0.2) is 0 Å². The predicted molar refractivity (Wildman–Crippen MR) is 52.2 cm³/mol. The number of aryl methyl sites for hydroxylation is 1. The molecule has 1 aromatic rings. The van der Waals surface area contributed by atoms with Gasteiger partial charge in [-0.1, -0.05) is 36.4 Å². The minimum atomic E-state index is -4.67. The maximum atomic E-state index is 11.8. The molecule has 0 aromatic heterocycles. The van der Waals surface area contributed by atoms with Crippen LogP contribution >= 0.6 is 0 Å². The monoisotopic (exact) mass is 217 g/mol. The normalized spacial score (nSPS) is 12.4. The van der Waals surface area contributed by atoms with Gasteiger partial charge in [-0.05, 0) is 18.1 Å². The third-order valence-corrected chi connectivity index (χ3v) is 1.76. The fraction of sp³-hybridized carbons (Fsp3) is 0.273.